The Morgan fingerprint density at radius 1 is 1.03 bits per heavy atom. The van der Waals surface area contributed by atoms with Crippen molar-refractivity contribution in [3.63, 3.8) is 0 Å². The van der Waals surface area contributed by atoms with E-state index in [0.29, 0.717) is 23.0 Å². The monoisotopic (exact) mass is 529 g/mol. The fourth-order valence-electron chi connectivity index (χ4n) is 3.93. The highest BCUT2D eigenvalue weighted by Crippen LogP contribution is 2.29. The second-order valence-corrected chi connectivity index (χ2v) is 9.03. The smallest absolute Gasteiger partial charge is 0.274 e. The maximum Gasteiger partial charge on any atom is 0.274 e. The summed E-state index contributed by atoms with van der Waals surface area (Å²) in [5.41, 5.74) is 6.87. The van der Waals surface area contributed by atoms with Crippen LogP contribution in [0, 0.1) is 0 Å². The Labute approximate surface area is 208 Å². The van der Waals surface area contributed by atoms with E-state index in [1.54, 1.807) is 24.7 Å². The molecule has 0 radical (unpaired) electrons. The van der Waals surface area contributed by atoms with Gasteiger partial charge in [0.1, 0.15) is 0 Å². The van der Waals surface area contributed by atoms with Gasteiger partial charge in [0.05, 0.1) is 35.2 Å². The van der Waals surface area contributed by atoms with Crippen LogP contribution in [0.1, 0.15) is 15.9 Å². The molecule has 0 saturated carbocycles. The van der Waals surface area contributed by atoms with Gasteiger partial charge in [-0.3, -0.25) is 19.5 Å². The Hall–Kier alpha value is -4.08. The van der Waals surface area contributed by atoms with Gasteiger partial charge in [0.15, 0.2) is 0 Å². The predicted molar refractivity (Wildman–Crippen MR) is 136 cm³/mol. The van der Waals surface area contributed by atoms with Gasteiger partial charge in [0.2, 0.25) is 0 Å². The highest BCUT2D eigenvalue weighted by atomic mass is 79.9. The first kappa shape index (κ1) is 22.7. The molecule has 1 amide bonds. The van der Waals surface area contributed by atoms with Crippen molar-refractivity contribution in [1.82, 2.24) is 24.8 Å². The number of hydrogen-bond acceptors (Lipinski definition) is 5. The number of carbonyl (C=O) groups is 1. The van der Waals surface area contributed by atoms with Crippen LogP contribution in [0.5, 0.6) is 0 Å². The lowest BCUT2D eigenvalue weighted by Crippen LogP contribution is -2.18. The molecule has 35 heavy (non-hydrogen) atoms. The molecule has 0 atom stereocenters. The molecule has 0 bridgehead atoms. The molecule has 2 aromatic heterocycles. The molecule has 9 heteroatoms. The number of hydrogen-bond donors (Lipinski definition) is 2. The van der Waals surface area contributed by atoms with E-state index in [9.17, 15) is 9.59 Å². The van der Waals surface area contributed by atoms with Crippen LogP contribution in [-0.4, -0.2) is 30.4 Å². The summed E-state index contributed by atoms with van der Waals surface area (Å²) >= 11 is 3.54. The molecule has 5 aromatic rings. The van der Waals surface area contributed by atoms with E-state index < -0.39 is 5.91 Å². The zero-order chi connectivity index (χ0) is 24.5. The van der Waals surface area contributed by atoms with Crippen LogP contribution in [0.2, 0.25) is 0 Å². The van der Waals surface area contributed by atoms with Gasteiger partial charge in [-0.1, -0.05) is 46.3 Å². The second-order valence-electron chi connectivity index (χ2n) is 8.11. The van der Waals surface area contributed by atoms with Gasteiger partial charge in [-0.2, -0.15) is 5.10 Å². The third-order valence-corrected chi connectivity index (χ3v) is 6.26. The van der Waals surface area contributed by atoms with Crippen molar-refractivity contribution in [2.24, 2.45) is 7.05 Å². The van der Waals surface area contributed by atoms with Gasteiger partial charge in [0.25, 0.3) is 11.5 Å². The number of halogens is 1. The van der Waals surface area contributed by atoms with Crippen molar-refractivity contribution in [3.8, 4) is 22.5 Å². The first-order chi connectivity index (χ1) is 16.9. The van der Waals surface area contributed by atoms with Gasteiger partial charge in [-0.15, -0.1) is 0 Å². The Morgan fingerprint density at radius 2 is 1.83 bits per heavy atom. The number of nitrogens with one attached hydrogen (secondary N) is 1. The molecule has 0 unspecified atom stereocenters. The normalized spacial score (nSPS) is 11.1. The molecule has 8 nitrogen and oxygen atoms in total. The molecule has 0 aliphatic heterocycles. The van der Waals surface area contributed by atoms with E-state index in [1.165, 1.54) is 10.9 Å². The summed E-state index contributed by atoms with van der Waals surface area (Å²) in [6, 6.07) is 22.5. The van der Waals surface area contributed by atoms with Crippen LogP contribution in [0.4, 0.5) is 0 Å². The van der Waals surface area contributed by atoms with E-state index in [2.05, 4.69) is 20.9 Å². The molecule has 2 N–H and O–H groups in total. The average Bonchev–Trinajstić information content (AvgIpc) is 3.30. The highest BCUT2D eigenvalue weighted by Gasteiger charge is 2.14. The van der Waals surface area contributed by atoms with Crippen molar-refractivity contribution < 1.29 is 10.0 Å². The second kappa shape index (κ2) is 9.28. The maximum atomic E-state index is 12.6. The molecule has 174 valence electrons. The number of carbonyl (C=O) groups excluding carboxylic acids is 1. The molecule has 0 aliphatic carbocycles. The summed E-state index contributed by atoms with van der Waals surface area (Å²) in [6.45, 7) is 0.458. The van der Waals surface area contributed by atoms with Crippen LogP contribution in [0.3, 0.4) is 0 Å². The lowest BCUT2D eigenvalue weighted by molar-refractivity contribution is 0.0706. The van der Waals surface area contributed by atoms with E-state index >= 15 is 0 Å². The van der Waals surface area contributed by atoms with E-state index in [4.69, 9.17) is 10.3 Å². The van der Waals surface area contributed by atoms with Crippen LogP contribution in [0.25, 0.3) is 33.4 Å². The van der Waals surface area contributed by atoms with Crippen LogP contribution < -0.4 is 11.0 Å². The van der Waals surface area contributed by atoms with E-state index in [0.717, 1.165) is 32.6 Å². The highest BCUT2D eigenvalue weighted by molar-refractivity contribution is 9.10. The molecule has 5 rings (SSSR count). The van der Waals surface area contributed by atoms with Crippen molar-refractivity contribution in [2.45, 2.75) is 6.54 Å². The van der Waals surface area contributed by atoms with Crippen molar-refractivity contribution in [1.29, 1.82) is 0 Å². The maximum absolute atomic E-state index is 12.6. The van der Waals surface area contributed by atoms with Crippen molar-refractivity contribution >= 4 is 32.7 Å². The zero-order valence-corrected chi connectivity index (χ0v) is 20.2. The Bertz CT molecular complexity index is 1620. The lowest BCUT2D eigenvalue weighted by Gasteiger charge is -2.09. The number of aromatic nitrogens is 4. The summed E-state index contributed by atoms with van der Waals surface area (Å²) in [7, 11) is 1.68. The molecule has 0 spiro atoms. The van der Waals surface area contributed by atoms with E-state index in [1.807, 2.05) is 65.3 Å². The standard InChI is InChI=1S/C26H20BrN5O3/c1-31-15-28-22-10-9-18(12-21(22)26(31)34)23-13-24(19-3-2-4-20(27)11-19)32(29-23)14-16-5-7-17(8-6-16)25(33)30-35/h2-13,15,35H,14H2,1H3,(H,30,33). The van der Waals surface area contributed by atoms with Gasteiger partial charge in [-0.25, -0.2) is 10.5 Å². The van der Waals surface area contributed by atoms with Gasteiger partial charge >= 0.3 is 0 Å². The number of amides is 1. The van der Waals surface area contributed by atoms with Crippen LogP contribution >= 0.6 is 15.9 Å². The third-order valence-electron chi connectivity index (χ3n) is 5.76. The first-order valence-corrected chi connectivity index (χ1v) is 11.5. The quantitative estimate of drug-likeness (QED) is 0.259. The molecular formula is C26H20BrN5O3. The number of benzene rings is 3. The molecule has 2 heterocycles. The fraction of sp³-hybridized carbons (Fsp3) is 0.0769. The predicted octanol–water partition coefficient (Wildman–Crippen LogP) is 4.39. The fourth-order valence-corrected chi connectivity index (χ4v) is 4.33. The number of fused-ring (bicyclic) bond motifs is 1. The summed E-state index contributed by atoms with van der Waals surface area (Å²) < 4.78 is 4.30. The summed E-state index contributed by atoms with van der Waals surface area (Å²) in [4.78, 5) is 28.6. The minimum absolute atomic E-state index is 0.115. The van der Waals surface area contributed by atoms with Gasteiger partial charge < -0.3 is 4.57 Å². The summed E-state index contributed by atoms with van der Waals surface area (Å²) in [5.74, 6) is -0.565. The minimum atomic E-state index is -0.565. The van der Waals surface area contributed by atoms with Crippen LogP contribution in [0.15, 0.2) is 88.4 Å². The van der Waals surface area contributed by atoms with Crippen LogP contribution in [-0.2, 0) is 13.6 Å². The number of aryl methyl sites for hydroxylation is 1. The Balaban J connectivity index is 1.59. The topological polar surface area (TPSA) is 102 Å². The average molecular weight is 530 g/mol. The van der Waals surface area contributed by atoms with Crippen molar-refractivity contribution in [3.05, 3.63) is 105 Å². The number of nitrogens with zero attached hydrogens (tertiary/aromatic N) is 4. The number of rotatable bonds is 5. The van der Waals surface area contributed by atoms with E-state index in [-0.39, 0.29) is 5.56 Å². The first-order valence-electron chi connectivity index (χ1n) is 10.8. The molecular weight excluding hydrogens is 510 g/mol. The van der Waals surface area contributed by atoms with Crippen molar-refractivity contribution in [2.75, 3.05) is 0 Å². The Morgan fingerprint density at radius 3 is 2.57 bits per heavy atom. The molecule has 0 saturated heterocycles. The van der Waals surface area contributed by atoms with Gasteiger partial charge in [-0.05, 0) is 48.0 Å². The molecule has 0 fully saturated rings. The summed E-state index contributed by atoms with van der Waals surface area (Å²) in [6.07, 6.45) is 1.51. The third kappa shape index (κ3) is 4.51. The van der Waals surface area contributed by atoms with Gasteiger partial charge in [0, 0.05) is 28.2 Å². The molecule has 0 aliphatic rings. The largest absolute Gasteiger partial charge is 0.302 e. The molecule has 3 aromatic carbocycles. The zero-order valence-electron chi connectivity index (χ0n) is 18.6. The summed E-state index contributed by atoms with van der Waals surface area (Å²) in [5, 5.41) is 14.2. The minimum Gasteiger partial charge on any atom is -0.302 e. The number of hydroxylamine groups is 1. The lowest BCUT2D eigenvalue weighted by atomic mass is 10.1. The Kier molecular flexibility index (Phi) is 6.02. The SMILES string of the molecule is Cn1cnc2ccc(-c3cc(-c4cccc(Br)c4)n(Cc4ccc(C(=O)NO)cc4)n3)cc2c1=O.